The number of carbonyl (C=O) groups excluding carboxylic acids is 1. The highest BCUT2D eigenvalue weighted by atomic mass is 35.5. The van der Waals surface area contributed by atoms with Crippen LogP contribution in [0, 0.1) is 0 Å². The summed E-state index contributed by atoms with van der Waals surface area (Å²) in [5.74, 6) is -0.271. The Morgan fingerprint density at radius 1 is 1.42 bits per heavy atom. The van der Waals surface area contributed by atoms with Crippen molar-refractivity contribution in [1.29, 1.82) is 0 Å². The van der Waals surface area contributed by atoms with Crippen molar-refractivity contribution in [1.82, 2.24) is 0 Å². The van der Waals surface area contributed by atoms with Gasteiger partial charge in [-0.2, -0.15) is 0 Å². The van der Waals surface area contributed by atoms with E-state index in [1.807, 2.05) is 6.92 Å². The molecule has 0 fully saturated rings. The normalized spacial score (nSPS) is 12.6. The van der Waals surface area contributed by atoms with Crippen LogP contribution >= 0.6 is 11.6 Å². The van der Waals surface area contributed by atoms with Gasteiger partial charge >= 0.3 is 5.97 Å². The van der Waals surface area contributed by atoms with Gasteiger partial charge in [-0.25, -0.2) is 0 Å². The maximum Gasteiger partial charge on any atom is 0.324 e. The molecule has 0 aromatic rings. The molecule has 0 aliphatic heterocycles. The fraction of sp³-hybridized carbons (Fsp3) is 0.889. The molecule has 3 heteroatoms. The van der Waals surface area contributed by atoms with Gasteiger partial charge in [0.1, 0.15) is 5.38 Å². The summed E-state index contributed by atoms with van der Waals surface area (Å²) in [6.07, 6.45) is 3.57. The highest BCUT2D eigenvalue weighted by molar-refractivity contribution is 6.29. The van der Waals surface area contributed by atoms with Gasteiger partial charge in [0.05, 0.1) is 6.61 Å². The Kier molecular flexibility index (Phi) is 7.26. The Labute approximate surface area is 79.2 Å². The van der Waals surface area contributed by atoms with Crippen molar-refractivity contribution >= 4 is 17.6 Å². The van der Waals surface area contributed by atoms with Crippen molar-refractivity contribution in [2.24, 2.45) is 0 Å². The van der Waals surface area contributed by atoms with Gasteiger partial charge in [-0.05, 0) is 12.8 Å². The molecule has 12 heavy (non-hydrogen) atoms. The Balaban J connectivity index is 3.43. The molecule has 0 amide bonds. The highest BCUT2D eigenvalue weighted by Gasteiger charge is 2.14. The molecule has 0 heterocycles. The standard InChI is InChI=1S/C9H17ClO2/c1-3-5-7-12-9(11)8(10)6-4-2/h8H,3-7H2,1-2H3. The van der Waals surface area contributed by atoms with Gasteiger partial charge in [-0.3, -0.25) is 4.79 Å². The molecule has 0 N–H and O–H groups in total. The SMILES string of the molecule is CCCCOC(=O)C(Cl)CCC. The molecule has 1 unspecified atom stereocenters. The molecule has 72 valence electrons. The van der Waals surface area contributed by atoms with E-state index in [4.69, 9.17) is 16.3 Å². The molecule has 0 aliphatic rings. The lowest BCUT2D eigenvalue weighted by molar-refractivity contribution is -0.143. The molecule has 1 atom stereocenters. The molecule has 0 bridgehead atoms. The van der Waals surface area contributed by atoms with Gasteiger partial charge < -0.3 is 4.74 Å². The van der Waals surface area contributed by atoms with Crippen LogP contribution in [0.2, 0.25) is 0 Å². The van der Waals surface area contributed by atoms with Crippen LogP contribution in [0.1, 0.15) is 39.5 Å². The fourth-order valence-electron chi connectivity index (χ4n) is 0.779. The first-order chi connectivity index (χ1) is 5.72. The van der Waals surface area contributed by atoms with Crippen molar-refractivity contribution < 1.29 is 9.53 Å². The molecule has 0 saturated heterocycles. The van der Waals surface area contributed by atoms with Gasteiger partial charge in [-0.15, -0.1) is 11.6 Å². The van der Waals surface area contributed by atoms with E-state index in [2.05, 4.69) is 6.92 Å². The monoisotopic (exact) mass is 192 g/mol. The van der Waals surface area contributed by atoms with Crippen LogP contribution in [0.25, 0.3) is 0 Å². The zero-order chi connectivity index (χ0) is 9.40. The van der Waals surface area contributed by atoms with Crippen LogP contribution in [0.4, 0.5) is 0 Å². The van der Waals surface area contributed by atoms with E-state index in [-0.39, 0.29) is 5.97 Å². The van der Waals surface area contributed by atoms with E-state index < -0.39 is 5.38 Å². The number of rotatable bonds is 6. The molecule has 0 spiro atoms. The Bertz CT molecular complexity index is 126. The second-order valence-electron chi connectivity index (χ2n) is 2.78. The van der Waals surface area contributed by atoms with Crippen LogP contribution in [-0.2, 0) is 9.53 Å². The van der Waals surface area contributed by atoms with Crippen molar-refractivity contribution in [3.05, 3.63) is 0 Å². The molecule has 0 saturated carbocycles. The molecule has 0 aromatic carbocycles. The van der Waals surface area contributed by atoms with Crippen LogP contribution in [-0.4, -0.2) is 18.0 Å². The van der Waals surface area contributed by atoms with Crippen LogP contribution in [0.3, 0.4) is 0 Å². The average Bonchev–Trinajstić information content (AvgIpc) is 2.05. The lowest BCUT2D eigenvalue weighted by Gasteiger charge is -2.07. The summed E-state index contributed by atoms with van der Waals surface area (Å²) < 4.78 is 4.93. The number of hydrogen-bond donors (Lipinski definition) is 0. The number of halogens is 1. The van der Waals surface area contributed by atoms with E-state index in [0.29, 0.717) is 13.0 Å². The predicted molar refractivity (Wildman–Crippen MR) is 50.4 cm³/mol. The maximum atomic E-state index is 11.1. The molecule has 0 aliphatic carbocycles. The van der Waals surface area contributed by atoms with Gasteiger partial charge in [0.2, 0.25) is 0 Å². The summed E-state index contributed by atoms with van der Waals surface area (Å²) in [4.78, 5) is 11.1. The molecule has 0 radical (unpaired) electrons. The molecular formula is C9H17ClO2. The third-order valence-corrected chi connectivity index (χ3v) is 1.94. The zero-order valence-electron chi connectivity index (χ0n) is 7.81. The quantitative estimate of drug-likeness (QED) is 0.368. The second-order valence-corrected chi connectivity index (χ2v) is 3.30. The first-order valence-electron chi connectivity index (χ1n) is 4.53. The van der Waals surface area contributed by atoms with Gasteiger partial charge in [0.15, 0.2) is 0 Å². The Morgan fingerprint density at radius 3 is 2.58 bits per heavy atom. The molecular weight excluding hydrogens is 176 g/mol. The number of hydrogen-bond acceptors (Lipinski definition) is 2. The Morgan fingerprint density at radius 2 is 2.08 bits per heavy atom. The number of ether oxygens (including phenoxy) is 1. The van der Waals surface area contributed by atoms with E-state index in [1.54, 1.807) is 0 Å². The smallest absolute Gasteiger partial charge is 0.324 e. The number of alkyl halides is 1. The van der Waals surface area contributed by atoms with Crippen LogP contribution in [0.5, 0.6) is 0 Å². The largest absolute Gasteiger partial charge is 0.465 e. The summed E-state index contributed by atoms with van der Waals surface area (Å²) in [5, 5.41) is -0.452. The van der Waals surface area contributed by atoms with Crippen molar-refractivity contribution in [3.8, 4) is 0 Å². The third kappa shape index (κ3) is 5.42. The van der Waals surface area contributed by atoms with Gasteiger partial charge in [0.25, 0.3) is 0 Å². The van der Waals surface area contributed by atoms with Crippen molar-refractivity contribution in [2.75, 3.05) is 6.61 Å². The van der Waals surface area contributed by atoms with Gasteiger partial charge in [0, 0.05) is 0 Å². The summed E-state index contributed by atoms with van der Waals surface area (Å²) in [7, 11) is 0. The fourth-order valence-corrected chi connectivity index (χ4v) is 1.06. The summed E-state index contributed by atoms with van der Waals surface area (Å²) in [5.41, 5.74) is 0. The maximum absolute atomic E-state index is 11.1. The van der Waals surface area contributed by atoms with E-state index in [1.165, 1.54) is 0 Å². The summed E-state index contributed by atoms with van der Waals surface area (Å²) >= 11 is 5.74. The molecule has 0 rings (SSSR count). The minimum Gasteiger partial charge on any atom is -0.465 e. The van der Waals surface area contributed by atoms with E-state index in [9.17, 15) is 4.79 Å². The zero-order valence-corrected chi connectivity index (χ0v) is 8.56. The average molecular weight is 193 g/mol. The molecule has 0 aromatic heterocycles. The minimum atomic E-state index is -0.452. The minimum absolute atomic E-state index is 0.271. The first kappa shape index (κ1) is 11.8. The first-order valence-corrected chi connectivity index (χ1v) is 4.96. The molecule has 2 nitrogen and oxygen atoms in total. The van der Waals surface area contributed by atoms with Crippen LogP contribution < -0.4 is 0 Å². The summed E-state index contributed by atoms with van der Waals surface area (Å²) in [6, 6.07) is 0. The van der Waals surface area contributed by atoms with Gasteiger partial charge in [-0.1, -0.05) is 26.7 Å². The lowest BCUT2D eigenvalue weighted by Crippen LogP contribution is -2.18. The van der Waals surface area contributed by atoms with Crippen molar-refractivity contribution in [3.63, 3.8) is 0 Å². The predicted octanol–water partition coefficient (Wildman–Crippen LogP) is 2.74. The number of esters is 1. The Hall–Kier alpha value is -0.240. The highest BCUT2D eigenvalue weighted by Crippen LogP contribution is 2.07. The van der Waals surface area contributed by atoms with Crippen molar-refractivity contribution in [2.45, 2.75) is 44.9 Å². The third-order valence-electron chi connectivity index (χ3n) is 1.54. The number of carbonyl (C=O) groups is 1. The number of unbranched alkanes of at least 4 members (excludes halogenated alkanes) is 1. The topological polar surface area (TPSA) is 26.3 Å². The van der Waals surface area contributed by atoms with E-state index in [0.717, 1.165) is 19.3 Å². The lowest BCUT2D eigenvalue weighted by atomic mass is 10.2. The van der Waals surface area contributed by atoms with Crippen LogP contribution in [0.15, 0.2) is 0 Å². The second kappa shape index (κ2) is 7.41. The van der Waals surface area contributed by atoms with E-state index >= 15 is 0 Å². The summed E-state index contributed by atoms with van der Waals surface area (Å²) in [6.45, 7) is 4.55.